The first-order valence-corrected chi connectivity index (χ1v) is 12.0. The summed E-state index contributed by atoms with van der Waals surface area (Å²) in [6, 6.07) is 15.7. The van der Waals surface area contributed by atoms with Crippen LogP contribution in [0.4, 0.5) is 5.69 Å². The zero-order valence-corrected chi connectivity index (χ0v) is 19.5. The number of carbonyl (C=O) groups is 1. The van der Waals surface area contributed by atoms with Crippen LogP contribution in [0.3, 0.4) is 0 Å². The van der Waals surface area contributed by atoms with Crippen molar-refractivity contribution in [3.05, 3.63) is 81.5 Å². The van der Waals surface area contributed by atoms with Gasteiger partial charge in [-0.05, 0) is 74.5 Å². The number of anilines is 1. The first kappa shape index (κ1) is 22.7. The molecular formula is C23H25N3O3S2. The summed E-state index contributed by atoms with van der Waals surface area (Å²) in [6.07, 6.45) is 0. The van der Waals surface area contributed by atoms with E-state index in [-0.39, 0.29) is 11.4 Å². The maximum Gasteiger partial charge on any atom is 0.264 e. The van der Waals surface area contributed by atoms with Gasteiger partial charge in [0.1, 0.15) is 6.54 Å². The third kappa shape index (κ3) is 5.39. The Morgan fingerprint density at radius 2 is 1.74 bits per heavy atom. The minimum absolute atomic E-state index is 0.127. The summed E-state index contributed by atoms with van der Waals surface area (Å²) in [6.45, 7) is 7.14. The van der Waals surface area contributed by atoms with E-state index >= 15 is 0 Å². The number of hydrogen-bond donors (Lipinski definition) is 1. The highest BCUT2D eigenvalue weighted by molar-refractivity contribution is 7.92. The molecule has 3 aromatic rings. The highest BCUT2D eigenvalue weighted by Crippen LogP contribution is 2.26. The second-order valence-electron chi connectivity index (χ2n) is 7.30. The predicted molar refractivity (Wildman–Crippen MR) is 126 cm³/mol. The molecule has 162 valence electrons. The second kappa shape index (κ2) is 9.45. The number of carbonyl (C=O) groups excluding carboxylic acids is 1. The number of hydrogen-bond acceptors (Lipinski definition) is 5. The van der Waals surface area contributed by atoms with Crippen molar-refractivity contribution in [2.24, 2.45) is 5.10 Å². The van der Waals surface area contributed by atoms with Crippen molar-refractivity contribution in [3.63, 3.8) is 0 Å². The van der Waals surface area contributed by atoms with Crippen molar-refractivity contribution in [1.29, 1.82) is 0 Å². The molecule has 1 amide bonds. The van der Waals surface area contributed by atoms with E-state index < -0.39 is 15.9 Å². The van der Waals surface area contributed by atoms with E-state index in [0.29, 0.717) is 11.4 Å². The molecule has 1 heterocycles. The molecule has 0 aliphatic heterocycles. The number of aryl methyl sites for hydroxylation is 3. The first-order chi connectivity index (χ1) is 14.7. The van der Waals surface area contributed by atoms with Crippen molar-refractivity contribution >= 4 is 38.7 Å². The van der Waals surface area contributed by atoms with E-state index in [1.807, 2.05) is 44.4 Å². The number of thiophene rings is 1. The number of hydrazone groups is 1. The summed E-state index contributed by atoms with van der Waals surface area (Å²) in [5.74, 6) is -0.523. The molecule has 3 rings (SSSR count). The summed E-state index contributed by atoms with van der Waals surface area (Å²) < 4.78 is 27.9. The van der Waals surface area contributed by atoms with Crippen LogP contribution in [0.25, 0.3) is 0 Å². The van der Waals surface area contributed by atoms with Crippen molar-refractivity contribution in [1.82, 2.24) is 5.43 Å². The molecule has 0 fully saturated rings. The van der Waals surface area contributed by atoms with Crippen molar-refractivity contribution in [3.8, 4) is 0 Å². The van der Waals surface area contributed by atoms with E-state index in [4.69, 9.17) is 0 Å². The summed E-state index contributed by atoms with van der Waals surface area (Å²) in [7, 11) is -3.95. The van der Waals surface area contributed by atoms with Gasteiger partial charge < -0.3 is 0 Å². The number of nitrogens with one attached hydrogen (secondary N) is 1. The summed E-state index contributed by atoms with van der Waals surface area (Å²) in [5, 5.41) is 6.04. The Morgan fingerprint density at radius 1 is 1.03 bits per heavy atom. The Balaban J connectivity index is 1.92. The third-order valence-corrected chi connectivity index (χ3v) is 7.67. The van der Waals surface area contributed by atoms with Crippen LogP contribution in [-0.2, 0) is 14.8 Å². The standard InChI is InChI=1S/C23H25N3O3S2/c1-16-7-11-21(12-8-16)31(28,29)26(20-10-9-17(2)18(3)14-20)15-23(27)25-24-19(4)22-6-5-13-30-22/h5-14H,15H2,1-4H3,(H,25,27)/b24-19-. The molecule has 0 aliphatic carbocycles. The van der Waals surface area contributed by atoms with Gasteiger partial charge in [-0.1, -0.05) is 29.8 Å². The number of rotatable bonds is 7. The fourth-order valence-corrected chi connectivity index (χ4v) is 4.97. The van der Waals surface area contributed by atoms with E-state index in [1.165, 1.54) is 11.3 Å². The van der Waals surface area contributed by atoms with E-state index in [2.05, 4.69) is 10.5 Å². The lowest BCUT2D eigenvalue weighted by atomic mass is 10.1. The van der Waals surface area contributed by atoms with Gasteiger partial charge in [-0.25, -0.2) is 13.8 Å². The Kier molecular flexibility index (Phi) is 6.92. The molecule has 2 aromatic carbocycles. The number of benzene rings is 2. The number of amides is 1. The minimum atomic E-state index is -3.95. The quantitative estimate of drug-likeness (QED) is 0.423. The highest BCUT2D eigenvalue weighted by Gasteiger charge is 2.27. The lowest BCUT2D eigenvalue weighted by Crippen LogP contribution is -2.39. The Bertz CT molecular complexity index is 1200. The maximum absolute atomic E-state index is 13.4. The van der Waals surface area contributed by atoms with Crippen LogP contribution in [0, 0.1) is 20.8 Å². The topological polar surface area (TPSA) is 78.8 Å². The first-order valence-electron chi connectivity index (χ1n) is 9.72. The average Bonchev–Trinajstić information content (AvgIpc) is 3.27. The second-order valence-corrected chi connectivity index (χ2v) is 10.1. The van der Waals surface area contributed by atoms with Gasteiger partial charge in [-0.2, -0.15) is 5.10 Å². The lowest BCUT2D eigenvalue weighted by molar-refractivity contribution is -0.119. The molecule has 0 atom stereocenters. The monoisotopic (exact) mass is 455 g/mol. The molecule has 8 heteroatoms. The van der Waals surface area contributed by atoms with E-state index in [0.717, 1.165) is 25.9 Å². The zero-order valence-electron chi connectivity index (χ0n) is 17.9. The Labute approximate surface area is 187 Å². The number of sulfonamides is 1. The van der Waals surface area contributed by atoms with Crippen LogP contribution in [-0.4, -0.2) is 26.6 Å². The molecule has 0 spiro atoms. The molecule has 0 saturated carbocycles. The van der Waals surface area contributed by atoms with Gasteiger partial charge in [0.05, 0.1) is 16.3 Å². The molecule has 0 saturated heterocycles. The summed E-state index contributed by atoms with van der Waals surface area (Å²) in [5.41, 5.74) is 6.49. The molecule has 1 N–H and O–H groups in total. The largest absolute Gasteiger partial charge is 0.271 e. The molecular weight excluding hydrogens is 430 g/mol. The van der Waals surface area contributed by atoms with Crippen LogP contribution in [0.5, 0.6) is 0 Å². The van der Waals surface area contributed by atoms with Gasteiger partial charge in [0.15, 0.2) is 0 Å². The maximum atomic E-state index is 13.4. The van der Waals surface area contributed by atoms with Crippen LogP contribution in [0.15, 0.2) is 70.0 Å². The smallest absolute Gasteiger partial charge is 0.264 e. The molecule has 0 aliphatic rings. The molecule has 6 nitrogen and oxygen atoms in total. The van der Waals surface area contributed by atoms with Crippen molar-refractivity contribution < 1.29 is 13.2 Å². The Hall–Kier alpha value is -2.97. The highest BCUT2D eigenvalue weighted by atomic mass is 32.2. The van der Waals surface area contributed by atoms with E-state index in [9.17, 15) is 13.2 Å². The SMILES string of the molecule is C/C(=N/NC(=O)CN(c1ccc(C)c(C)c1)S(=O)(=O)c1ccc(C)cc1)c1cccs1. The van der Waals surface area contributed by atoms with Gasteiger partial charge >= 0.3 is 0 Å². The van der Waals surface area contributed by atoms with Crippen LogP contribution < -0.4 is 9.73 Å². The summed E-state index contributed by atoms with van der Waals surface area (Å²) in [4.78, 5) is 13.7. The number of nitrogens with zero attached hydrogens (tertiary/aromatic N) is 2. The zero-order chi connectivity index (χ0) is 22.6. The Morgan fingerprint density at radius 3 is 2.35 bits per heavy atom. The van der Waals surface area contributed by atoms with Gasteiger partial charge in [0.25, 0.3) is 15.9 Å². The molecule has 31 heavy (non-hydrogen) atoms. The van der Waals surface area contributed by atoms with Gasteiger partial charge in [0, 0.05) is 4.88 Å². The van der Waals surface area contributed by atoms with Crippen molar-refractivity contribution in [2.75, 3.05) is 10.8 Å². The minimum Gasteiger partial charge on any atom is -0.271 e. The normalized spacial score (nSPS) is 11.9. The molecule has 0 unspecified atom stereocenters. The lowest BCUT2D eigenvalue weighted by Gasteiger charge is -2.24. The van der Waals surface area contributed by atoms with Gasteiger partial charge in [-0.15, -0.1) is 11.3 Å². The summed E-state index contributed by atoms with van der Waals surface area (Å²) >= 11 is 1.51. The predicted octanol–water partition coefficient (Wildman–Crippen LogP) is 4.41. The molecule has 0 bridgehead atoms. The van der Waals surface area contributed by atoms with Crippen LogP contribution in [0.2, 0.25) is 0 Å². The van der Waals surface area contributed by atoms with Gasteiger partial charge in [0.2, 0.25) is 0 Å². The third-order valence-electron chi connectivity index (χ3n) is 4.90. The van der Waals surface area contributed by atoms with Crippen LogP contribution in [0.1, 0.15) is 28.5 Å². The van der Waals surface area contributed by atoms with Gasteiger partial charge in [-0.3, -0.25) is 9.10 Å². The molecule has 0 radical (unpaired) electrons. The van der Waals surface area contributed by atoms with Crippen LogP contribution >= 0.6 is 11.3 Å². The fraction of sp³-hybridized carbons (Fsp3) is 0.217. The average molecular weight is 456 g/mol. The fourth-order valence-electron chi connectivity index (χ4n) is 2.88. The molecule has 1 aromatic heterocycles. The van der Waals surface area contributed by atoms with Crippen molar-refractivity contribution in [2.45, 2.75) is 32.6 Å². The van der Waals surface area contributed by atoms with E-state index in [1.54, 1.807) is 43.3 Å².